The van der Waals surface area contributed by atoms with E-state index in [-0.39, 0.29) is 23.9 Å². The third-order valence-corrected chi connectivity index (χ3v) is 5.40. The molecule has 1 heterocycles. The number of hydrogen-bond donors (Lipinski definition) is 2. The van der Waals surface area contributed by atoms with Crippen molar-refractivity contribution in [3.8, 4) is 11.5 Å². The van der Waals surface area contributed by atoms with Gasteiger partial charge in [-0.25, -0.2) is 0 Å². The first-order valence-corrected chi connectivity index (χ1v) is 10.3. The lowest BCUT2D eigenvalue weighted by Gasteiger charge is -2.13. The van der Waals surface area contributed by atoms with Gasteiger partial charge in [-0.15, -0.1) is 5.10 Å². The number of methoxy groups -OCH3 is 1. The molecule has 0 aliphatic carbocycles. The van der Waals surface area contributed by atoms with Crippen LogP contribution in [0.25, 0.3) is 0 Å². The molecule has 1 saturated heterocycles. The van der Waals surface area contributed by atoms with Gasteiger partial charge in [0.25, 0.3) is 0 Å². The molecule has 1 aliphatic rings. The number of halogens is 3. The summed E-state index contributed by atoms with van der Waals surface area (Å²) >= 11 is 0.970. The molecular weight excluding hydrogens is 463 g/mol. The number of carboxylic acid groups (broad SMARTS) is 1. The molecular formula is C21H18F3N3O5S. The zero-order valence-corrected chi connectivity index (χ0v) is 17.9. The minimum absolute atomic E-state index is 0.114. The maximum absolute atomic E-state index is 12.9. The zero-order chi connectivity index (χ0) is 24.0. The predicted molar refractivity (Wildman–Crippen MR) is 116 cm³/mol. The minimum Gasteiger partial charge on any atom is -0.493 e. The zero-order valence-electron chi connectivity index (χ0n) is 17.1. The minimum atomic E-state index is -4.45. The molecule has 33 heavy (non-hydrogen) atoms. The highest BCUT2D eigenvalue weighted by molar-refractivity contribution is 8.15. The average molecular weight is 481 g/mol. The van der Waals surface area contributed by atoms with E-state index in [0.29, 0.717) is 16.9 Å². The number of alkyl halides is 3. The van der Waals surface area contributed by atoms with Gasteiger partial charge in [0.05, 0.1) is 25.3 Å². The maximum Gasteiger partial charge on any atom is 0.416 e. The molecule has 1 fully saturated rings. The van der Waals surface area contributed by atoms with Gasteiger partial charge in [0.1, 0.15) is 11.9 Å². The number of thioether (sulfide) groups is 1. The van der Waals surface area contributed by atoms with Gasteiger partial charge < -0.3 is 19.9 Å². The summed E-state index contributed by atoms with van der Waals surface area (Å²) in [7, 11) is 1.43. The van der Waals surface area contributed by atoms with E-state index in [0.717, 1.165) is 23.9 Å². The van der Waals surface area contributed by atoms with Crippen LogP contribution in [-0.2, 0) is 22.4 Å². The molecule has 1 amide bonds. The van der Waals surface area contributed by atoms with Crippen molar-refractivity contribution in [2.24, 2.45) is 10.2 Å². The lowest BCUT2D eigenvalue weighted by Crippen LogP contribution is -2.26. The van der Waals surface area contributed by atoms with Crippen molar-refractivity contribution in [2.75, 3.05) is 7.11 Å². The summed E-state index contributed by atoms with van der Waals surface area (Å²) in [5.74, 6) is -0.883. The molecule has 174 valence electrons. The number of ether oxygens (including phenoxy) is 2. The molecule has 1 aliphatic heterocycles. The van der Waals surface area contributed by atoms with E-state index in [4.69, 9.17) is 14.6 Å². The fourth-order valence-corrected chi connectivity index (χ4v) is 3.69. The first kappa shape index (κ1) is 24.1. The molecule has 12 heteroatoms. The van der Waals surface area contributed by atoms with Gasteiger partial charge in [-0.2, -0.15) is 18.3 Å². The summed E-state index contributed by atoms with van der Waals surface area (Å²) < 4.78 is 49.6. The Morgan fingerprint density at radius 1 is 1.24 bits per heavy atom. The molecule has 8 nitrogen and oxygen atoms in total. The normalized spacial score (nSPS) is 17.4. The Kier molecular flexibility index (Phi) is 7.59. The van der Waals surface area contributed by atoms with Crippen molar-refractivity contribution in [1.29, 1.82) is 0 Å². The quantitative estimate of drug-likeness (QED) is 0.440. The monoisotopic (exact) mass is 481 g/mol. The third-order valence-electron chi connectivity index (χ3n) is 4.33. The molecule has 2 aromatic rings. The van der Waals surface area contributed by atoms with Crippen LogP contribution in [0.5, 0.6) is 11.5 Å². The number of aliphatic carboxylic acids is 1. The molecule has 0 saturated carbocycles. The number of carboxylic acids is 1. The number of benzene rings is 2. The van der Waals surface area contributed by atoms with Crippen molar-refractivity contribution < 1.29 is 37.3 Å². The third kappa shape index (κ3) is 6.72. The average Bonchev–Trinajstić information content (AvgIpc) is 3.10. The lowest BCUT2D eigenvalue weighted by molar-refractivity contribution is -0.138. The molecule has 2 aromatic carbocycles. The molecule has 0 bridgehead atoms. The highest BCUT2D eigenvalue weighted by Gasteiger charge is 2.32. The van der Waals surface area contributed by atoms with Crippen LogP contribution in [-0.4, -0.2) is 40.7 Å². The number of nitrogens with one attached hydrogen (secondary N) is 1. The number of nitrogens with zero attached hydrogens (tertiary/aromatic N) is 2. The van der Waals surface area contributed by atoms with E-state index >= 15 is 0 Å². The standard InChI is InChI=1S/C21H18F3N3O5S/c1-31-15-6-5-12(10-25-27-20-26-19(30)17(33-20)9-18(28)29)8-16(15)32-11-13-3-2-4-14(7-13)21(22,23)24/h2-8,10,17H,9,11H2,1H3,(H,28,29)(H,26,27,30). The summed E-state index contributed by atoms with van der Waals surface area (Å²) in [5, 5.41) is 18.4. The fourth-order valence-electron chi connectivity index (χ4n) is 2.78. The van der Waals surface area contributed by atoms with Gasteiger partial charge >= 0.3 is 12.1 Å². The summed E-state index contributed by atoms with van der Waals surface area (Å²) in [6.45, 7) is -0.114. The molecule has 0 spiro atoms. The molecule has 0 radical (unpaired) electrons. The second-order valence-corrected chi connectivity index (χ2v) is 7.93. The van der Waals surface area contributed by atoms with Gasteiger partial charge in [0, 0.05) is 0 Å². The number of carbonyl (C=O) groups is 2. The van der Waals surface area contributed by atoms with E-state index < -0.39 is 28.9 Å². The Balaban J connectivity index is 1.69. The molecule has 2 N–H and O–H groups in total. The first-order chi connectivity index (χ1) is 15.7. The van der Waals surface area contributed by atoms with Crippen LogP contribution in [0.2, 0.25) is 0 Å². The van der Waals surface area contributed by atoms with Gasteiger partial charge in [-0.1, -0.05) is 23.9 Å². The van der Waals surface area contributed by atoms with Crippen molar-refractivity contribution in [1.82, 2.24) is 5.32 Å². The Morgan fingerprint density at radius 2 is 2.03 bits per heavy atom. The largest absolute Gasteiger partial charge is 0.493 e. The van der Waals surface area contributed by atoms with E-state index in [1.54, 1.807) is 18.2 Å². The van der Waals surface area contributed by atoms with E-state index in [1.165, 1.54) is 25.5 Å². The van der Waals surface area contributed by atoms with Gasteiger partial charge in [-0.05, 0) is 41.5 Å². The Morgan fingerprint density at radius 3 is 2.73 bits per heavy atom. The molecule has 3 rings (SSSR count). The van der Waals surface area contributed by atoms with Crippen molar-refractivity contribution >= 4 is 35.0 Å². The smallest absolute Gasteiger partial charge is 0.416 e. The lowest BCUT2D eigenvalue weighted by atomic mass is 10.1. The van der Waals surface area contributed by atoms with Crippen molar-refractivity contribution in [3.05, 3.63) is 59.2 Å². The van der Waals surface area contributed by atoms with Crippen LogP contribution in [0.3, 0.4) is 0 Å². The highest BCUT2D eigenvalue weighted by Crippen LogP contribution is 2.31. The highest BCUT2D eigenvalue weighted by atomic mass is 32.2. The Bertz CT molecular complexity index is 1100. The van der Waals surface area contributed by atoms with Crippen LogP contribution in [0.15, 0.2) is 52.7 Å². The summed E-state index contributed by atoms with van der Waals surface area (Å²) in [6.07, 6.45) is -3.40. The predicted octanol–water partition coefficient (Wildman–Crippen LogP) is 3.69. The van der Waals surface area contributed by atoms with E-state index in [2.05, 4.69) is 15.5 Å². The van der Waals surface area contributed by atoms with Crippen molar-refractivity contribution in [3.63, 3.8) is 0 Å². The number of hydrogen-bond acceptors (Lipinski definition) is 7. The summed E-state index contributed by atoms with van der Waals surface area (Å²) in [5.41, 5.74) is 0.121. The molecule has 1 unspecified atom stereocenters. The fraction of sp³-hybridized carbons (Fsp3) is 0.238. The van der Waals surface area contributed by atoms with Crippen LogP contribution in [0.4, 0.5) is 13.2 Å². The first-order valence-electron chi connectivity index (χ1n) is 9.43. The SMILES string of the molecule is COc1ccc(C=NN=C2NC(=O)C(CC(=O)O)S2)cc1OCc1cccc(C(F)(F)F)c1. The van der Waals surface area contributed by atoms with E-state index in [9.17, 15) is 22.8 Å². The molecule has 0 aromatic heterocycles. The Labute approximate surface area is 190 Å². The number of amidine groups is 1. The summed E-state index contributed by atoms with van der Waals surface area (Å²) in [4.78, 5) is 22.5. The van der Waals surface area contributed by atoms with Gasteiger partial charge in [0.15, 0.2) is 16.7 Å². The number of carbonyl (C=O) groups excluding carboxylic acids is 1. The van der Waals surface area contributed by atoms with Gasteiger partial charge in [0.2, 0.25) is 5.91 Å². The van der Waals surface area contributed by atoms with Crippen LogP contribution < -0.4 is 14.8 Å². The second kappa shape index (κ2) is 10.4. The number of rotatable bonds is 8. The van der Waals surface area contributed by atoms with Crippen LogP contribution in [0.1, 0.15) is 23.1 Å². The molecule has 1 atom stereocenters. The topological polar surface area (TPSA) is 110 Å². The Hall–Kier alpha value is -3.54. The van der Waals surface area contributed by atoms with Crippen LogP contribution >= 0.6 is 11.8 Å². The second-order valence-electron chi connectivity index (χ2n) is 6.74. The van der Waals surface area contributed by atoms with E-state index in [1.807, 2.05) is 0 Å². The van der Waals surface area contributed by atoms with Crippen LogP contribution in [0, 0.1) is 0 Å². The summed E-state index contributed by atoms with van der Waals surface area (Å²) in [6, 6.07) is 9.66. The number of amides is 1. The van der Waals surface area contributed by atoms with Gasteiger partial charge in [-0.3, -0.25) is 9.59 Å². The maximum atomic E-state index is 12.9. The van der Waals surface area contributed by atoms with Crippen molar-refractivity contribution in [2.45, 2.75) is 24.5 Å².